The molecule has 0 unspecified atom stereocenters. The van der Waals surface area contributed by atoms with Crippen molar-refractivity contribution in [3.05, 3.63) is 41.0 Å². The molecular weight excluding hydrogens is 348 g/mol. The highest BCUT2D eigenvalue weighted by molar-refractivity contribution is 6.35. The van der Waals surface area contributed by atoms with Gasteiger partial charge in [0.1, 0.15) is 5.82 Å². The smallest absolute Gasteiger partial charge is 0.260 e. The summed E-state index contributed by atoms with van der Waals surface area (Å²) in [5, 5.41) is 4.13. The van der Waals surface area contributed by atoms with Crippen molar-refractivity contribution >= 4 is 40.4 Å². The van der Waals surface area contributed by atoms with Crippen molar-refractivity contribution in [3.63, 3.8) is 0 Å². The minimum atomic E-state index is -0.0807. The van der Waals surface area contributed by atoms with Crippen molar-refractivity contribution in [3.8, 4) is 0 Å². The van der Waals surface area contributed by atoms with E-state index >= 15 is 0 Å². The Bertz CT molecular complexity index is 848. The molecule has 136 valence electrons. The maximum Gasteiger partial charge on any atom is 0.260 e. The Labute approximate surface area is 159 Å². The number of rotatable bonds is 2. The first-order chi connectivity index (χ1) is 12.6. The second-order valence-electron chi connectivity index (χ2n) is 7.10. The lowest BCUT2D eigenvalue weighted by atomic mass is 9.95. The van der Waals surface area contributed by atoms with E-state index in [1.165, 1.54) is 32.1 Å². The number of aromatic nitrogens is 1. The number of para-hydroxylation sites is 1. The zero-order valence-corrected chi connectivity index (χ0v) is 15.9. The Hall–Kier alpha value is -2.27. The number of carbonyl (C=O) groups is 1. The Kier molecular flexibility index (Phi) is 4.49. The van der Waals surface area contributed by atoms with E-state index in [-0.39, 0.29) is 5.91 Å². The maximum atomic E-state index is 12.9. The standard InChI is InChI=1S/C20H23ClN4O/c1-24-16-11-18(23-13-7-4-3-5-8-13)22-12-17(16)25(2)20(26)14-9-6-10-15(21)19(14)24/h6,9-13H,3-5,7-8H2,1-2H3,(H,22,23). The average molecular weight is 371 g/mol. The summed E-state index contributed by atoms with van der Waals surface area (Å²) in [6.07, 6.45) is 7.99. The zero-order chi connectivity index (χ0) is 18.3. The van der Waals surface area contributed by atoms with Crippen LogP contribution < -0.4 is 15.1 Å². The molecule has 0 radical (unpaired) electrons. The van der Waals surface area contributed by atoms with Gasteiger partial charge in [0.25, 0.3) is 5.91 Å². The van der Waals surface area contributed by atoms with Crippen LogP contribution in [0, 0.1) is 0 Å². The van der Waals surface area contributed by atoms with Gasteiger partial charge in [-0.1, -0.05) is 36.9 Å². The highest BCUT2D eigenvalue weighted by Gasteiger charge is 2.29. The number of amides is 1. The molecule has 1 aromatic carbocycles. The Balaban J connectivity index is 1.76. The lowest BCUT2D eigenvalue weighted by Gasteiger charge is -2.26. The number of pyridine rings is 1. The van der Waals surface area contributed by atoms with Crippen LogP contribution in [0.2, 0.25) is 5.02 Å². The third kappa shape index (κ3) is 2.90. The molecule has 1 N–H and O–H groups in total. The summed E-state index contributed by atoms with van der Waals surface area (Å²) >= 11 is 6.44. The molecule has 26 heavy (non-hydrogen) atoms. The van der Waals surface area contributed by atoms with Gasteiger partial charge in [-0.15, -0.1) is 0 Å². The highest BCUT2D eigenvalue weighted by atomic mass is 35.5. The monoisotopic (exact) mass is 370 g/mol. The van der Waals surface area contributed by atoms with Crippen LogP contribution in [0.5, 0.6) is 0 Å². The van der Waals surface area contributed by atoms with Crippen LogP contribution in [0.4, 0.5) is 22.9 Å². The fraction of sp³-hybridized carbons (Fsp3) is 0.400. The number of halogens is 1. The van der Waals surface area contributed by atoms with Crippen LogP contribution in [-0.2, 0) is 0 Å². The third-order valence-corrected chi connectivity index (χ3v) is 5.70. The van der Waals surface area contributed by atoms with Gasteiger partial charge in [0.2, 0.25) is 0 Å². The quantitative estimate of drug-likeness (QED) is 0.821. The first kappa shape index (κ1) is 17.2. The van der Waals surface area contributed by atoms with Gasteiger partial charge >= 0.3 is 0 Å². The fourth-order valence-corrected chi connectivity index (χ4v) is 4.24. The predicted molar refractivity (Wildman–Crippen MR) is 107 cm³/mol. The summed E-state index contributed by atoms with van der Waals surface area (Å²) in [4.78, 5) is 21.1. The van der Waals surface area contributed by atoms with E-state index < -0.39 is 0 Å². The van der Waals surface area contributed by atoms with Gasteiger partial charge in [-0.25, -0.2) is 4.98 Å². The number of hydrogen-bond donors (Lipinski definition) is 1. The molecule has 0 spiro atoms. The summed E-state index contributed by atoms with van der Waals surface area (Å²) in [7, 11) is 3.72. The van der Waals surface area contributed by atoms with E-state index in [0.717, 1.165) is 22.9 Å². The van der Waals surface area contributed by atoms with Crippen molar-refractivity contribution in [2.45, 2.75) is 38.1 Å². The van der Waals surface area contributed by atoms with E-state index in [2.05, 4.69) is 10.3 Å². The minimum absolute atomic E-state index is 0.0807. The van der Waals surface area contributed by atoms with E-state index in [1.54, 1.807) is 18.1 Å². The van der Waals surface area contributed by atoms with Crippen molar-refractivity contribution < 1.29 is 4.79 Å². The van der Waals surface area contributed by atoms with Crippen LogP contribution >= 0.6 is 11.6 Å². The number of benzene rings is 1. The zero-order valence-electron chi connectivity index (χ0n) is 15.1. The van der Waals surface area contributed by atoms with Crippen molar-refractivity contribution in [1.29, 1.82) is 0 Å². The number of carbonyl (C=O) groups excluding carboxylic acids is 1. The Morgan fingerprint density at radius 1 is 1.12 bits per heavy atom. The van der Waals surface area contributed by atoms with Gasteiger partial charge in [-0.05, 0) is 25.0 Å². The first-order valence-electron chi connectivity index (χ1n) is 9.13. The van der Waals surface area contributed by atoms with Crippen LogP contribution in [0.15, 0.2) is 30.5 Å². The molecular formula is C20H23ClN4O. The van der Waals surface area contributed by atoms with Gasteiger partial charge in [-0.2, -0.15) is 0 Å². The van der Waals surface area contributed by atoms with Crippen LogP contribution in [-0.4, -0.2) is 31.0 Å². The molecule has 0 bridgehead atoms. The van der Waals surface area contributed by atoms with E-state index in [4.69, 9.17) is 11.6 Å². The SMILES string of the molecule is CN1C(=O)c2cccc(Cl)c2N(C)c2cc(NC3CCCCC3)ncc21. The van der Waals surface area contributed by atoms with Gasteiger partial charge in [-0.3, -0.25) is 4.79 Å². The topological polar surface area (TPSA) is 48.5 Å². The predicted octanol–water partition coefficient (Wildman–Crippen LogP) is 4.84. The molecule has 6 heteroatoms. The largest absolute Gasteiger partial charge is 0.367 e. The van der Waals surface area contributed by atoms with Crippen molar-refractivity contribution in [2.24, 2.45) is 0 Å². The van der Waals surface area contributed by atoms with Gasteiger partial charge in [0.05, 0.1) is 33.8 Å². The van der Waals surface area contributed by atoms with E-state index in [1.807, 2.05) is 36.2 Å². The number of anilines is 4. The molecule has 1 aliphatic carbocycles. The number of nitrogens with one attached hydrogen (secondary N) is 1. The molecule has 2 heterocycles. The molecule has 1 fully saturated rings. The van der Waals surface area contributed by atoms with Crippen molar-refractivity contribution in [1.82, 2.24) is 4.98 Å². The lowest BCUT2D eigenvalue weighted by molar-refractivity contribution is 0.0994. The maximum absolute atomic E-state index is 12.9. The van der Waals surface area contributed by atoms with Gasteiger partial charge in [0.15, 0.2) is 0 Å². The summed E-state index contributed by atoms with van der Waals surface area (Å²) in [5.74, 6) is 0.766. The second-order valence-corrected chi connectivity index (χ2v) is 7.50. The fourth-order valence-electron chi connectivity index (χ4n) is 3.94. The van der Waals surface area contributed by atoms with Gasteiger partial charge < -0.3 is 15.1 Å². The van der Waals surface area contributed by atoms with Crippen molar-refractivity contribution in [2.75, 3.05) is 29.2 Å². The van der Waals surface area contributed by atoms with Crippen LogP contribution in [0.1, 0.15) is 42.5 Å². The summed E-state index contributed by atoms with van der Waals surface area (Å²) in [5.41, 5.74) is 3.03. The molecule has 5 nitrogen and oxygen atoms in total. The van der Waals surface area contributed by atoms with Crippen LogP contribution in [0.25, 0.3) is 0 Å². The van der Waals surface area contributed by atoms with Crippen LogP contribution in [0.3, 0.4) is 0 Å². The number of hydrogen-bond acceptors (Lipinski definition) is 4. The molecule has 0 atom stereocenters. The summed E-state index contributed by atoms with van der Waals surface area (Å²) in [6.45, 7) is 0. The molecule has 1 saturated carbocycles. The Morgan fingerprint density at radius 3 is 2.65 bits per heavy atom. The first-order valence-corrected chi connectivity index (χ1v) is 9.51. The van der Waals surface area contributed by atoms with E-state index in [9.17, 15) is 4.79 Å². The summed E-state index contributed by atoms with van der Waals surface area (Å²) in [6, 6.07) is 7.94. The normalized spacial score (nSPS) is 17.6. The second kappa shape index (κ2) is 6.80. The molecule has 1 aromatic heterocycles. The molecule has 0 saturated heterocycles. The number of nitrogens with zero attached hydrogens (tertiary/aromatic N) is 3. The molecule has 4 rings (SSSR count). The van der Waals surface area contributed by atoms with E-state index in [0.29, 0.717) is 16.6 Å². The molecule has 2 aromatic rings. The van der Waals surface area contributed by atoms with Gasteiger partial charge in [0, 0.05) is 26.2 Å². The third-order valence-electron chi connectivity index (χ3n) is 5.40. The average Bonchev–Trinajstić information content (AvgIpc) is 2.73. The summed E-state index contributed by atoms with van der Waals surface area (Å²) < 4.78 is 0. The minimum Gasteiger partial charge on any atom is -0.367 e. The molecule has 2 aliphatic rings. The highest BCUT2D eigenvalue weighted by Crippen LogP contribution is 2.43. The molecule has 1 aliphatic heterocycles. The lowest BCUT2D eigenvalue weighted by Crippen LogP contribution is -2.26. The number of fused-ring (bicyclic) bond motifs is 2. The molecule has 1 amide bonds. The Morgan fingerprint density at radius 2 is 1.88 bits per heavy atom.